The van der Waals surface area contributed by atoms with Crippen molar-refractivity contribution in [2.24, 2.45) is 0 Å². The van der Waals surface area contributed by atoms with Crippen LogP contribution in [-0.2, 0) is 12.8 Å². The topological polar surface area (TPSA) is 50.2 Å². The van der Waals surface area contributed by atoms with Crippen LogP contribution in [0.4, 0.5) is 0 Å². The Kier molecular flexibility index (Phi) is 3.95. The van der Waals surface area contributed by atoms with Crippen LogP contribution in [0, 0.1) is 0 Å². The van der Waals surface area contributed by atoms with Gasteiger partial charge in [0, 0.05) is 17.4 Å². The number of aryl methyl sites for hydroxylation is 2. The van der Waals surface area contributed by atoms with E-state index in [-0.39, 0.29) is 0 Å². The predicted molar refractivity (Wildman–Crippen MR) is 70.1 cm³/mol. The van der Waals surface area contributed by atoms with Gasteiger partial charge in [-0.25, -0.2) is 4.79 Å². The Hall–Kier alpha value is -1.87. The van der Waals surface area contributed by atoms with E-state index in [0.29, 0.717) is 17.0 Å². The zero-order valence-corrected chi connectivity index (χ0v) is 10.4. The molecule has 0 saturated carbocycles. The van der Waals surface area contributed by atoms with Gasteiger partial charge < -0.3 is 5.11 Å². The van der Waals surface area contributed by atoms with Gasteiger partial charge >= 0.3 is 5.97 Å². The highest BCUT2D eigenvalue weighted by Crippen LogP contribution is 2.14. The first-order valence-corrected chi connectivity index (χ1v) is 5.95. The van der Waals surface area contributed by atoms with Crippen molar-refractivity contribution < 1.29 is 9.90 Å². The van der Waals surface area contributed by atoms with E-state index in [9.17, 15) is 4.79 Å². The predicted octanol–water partition coefficient (Wildman–Crippen LogP) is 3.22. The van der Waals surface area contributed by atoms with Gasteiger partial charge in [-0.05, 0) is 42.2 Å². The number of nitrogens with zero attached hydrogens (tertiary/aromatic N) is 1. The molecule has 18 heavy (non-hydrogen) atoms. The maximum absolute atomic E-state index is 11.0. The van der Waals surface area contributed by atoms with E-state index in [1.165, 1.54) is 12.3 Å². The Morgan fingerprint density at radius 3 is 2.56 bits per heavy atom. The molecule has 3 nitrogen and oxygen atoms in total. The van der Waals surface area contributed by atoms with Gasteiger partial charge in [0.05, 0.1) is 5.56 Å². The van der Waals surface area contributed by atoms with Crippen molar-refractivity contribution in [3.8, 4) is 0 Å². The number of hydrogen-bond acceptors (Lipinski definition) is 2. The van der Waals surface area contributed by atoms with Crippen molar-refractivity contribution in [1.82, 2.24) is 4.98 Å². The summed E-state index contributed by atoms with van der Waals surface area (Å²) in [5, 5.41) is 9.75. The van der Waals surface area contributed by atoms with Crippen molar-refractivity contribution in [3.63, 3.8) is 0 Å². The molecule has 0 aliphatic rings. The molecule has 2 aromatic rings. The van der Waals surface area contributed by atoms with Crippen LogP contribution in [0.25, 0.3) is 0 Å². The number of aromatic carboxylic acids is 1. The quantitative estimate of drug-likeness (QED) is 0.919. The number of halogens is 1. The van der Waals surface area contributed by atoms with Gasteiger partial charge in [0.25, 0.3) is 0 Å². The Balaban J connectivity index is 2.10. The zero-order chi connectivity index (χ0) is 13.0. The van der Waals surface area contributed by atoms with E-state index in [0.717, 1.165) is 17.5 Å². The molecule has 0 aliphatic carbocycles. The molecule has 0 radical (unpaired) electrons. The summed E-state index contributed by atoms with van der Waals surface area (Å²) in [4.78, 5) is 15.0. The third-order valence-corrected chi connectivity index (χ3v) is 2.98. The monoisotopic (exact) mass is 261 g/mol. The van der Waals surface area contributed by atoms with Gasteiger partial charge in [0.15, 0.2) is 0 Å². The molecule has 1 aromatic carbocycles. The number of hydrogen-bond donors (Lipinski definition) is 1. The standard InChI is InChI=1S/C14H12ClNO2/c15-12-5-2-10(3-6-12)1-4-11-9-16-8-7-13(11)14(17)18/h2-3,5-9H,1,4H2,(H,17,18). The van der Waals surface area contributed by atoms with Crippen molar-refractivity contribution >= 4 is 17.6 Å². The minimum atomic E-state index is -0.913. The molecular weight excluding hydrogens is 250 g/mol. The second-order valence-corrected chi connectivity index (χ2v) is 4.40. The first kappa shape index (κ1) is 12.6. The molecule has 0 fully saturated rings. The fraction of sp³-hybridized carbons (Fsp3) is 0.143. The van der Waals surface area contributed by atoms with Crippen molar-refractivity contribution in [3.05, 3.63) is 64.4 Å². The van der Waals surface area contributed by atoms with Crippen LogP contribution in [-0.4, -0.2) is 16.1 Å². The van der Waals surface area contributed by atoms with E-state index in [4.69, 9.17) is 16.7 Å². The lowest BCUT2D eigenvalue weighted by atomic mass is 10.0. The van der Waals surface area contributed by atoms with Crippen LogP contribution in [0.15, 0.2) is 42.7 Å². The lowest BCUT2D eigenvalue weighted by Crippen LogP contribution is -2.04. The molecule has 0 amide bonds. The molecule has 0 spiro atoms. The summed E-state index contributed by atoms with van der Waals surface area (Å²) in [5.74, 6) is -0.913. The number of benzene rings is 1. The molecule has 4 heteroatoms. The fourth-order valence-electron chi connectivity index (χ4n) is 1.77. The van der Waals surface area contributed by atoms with Gasteiger partial charge in [-0.2, -0.15) is 0 Å². The van der Waals surface area contributed by atoms with Crippen molar-refractivity contribution in [1.29, 1.82) is 0 Å². The molecule has 0 aliphatic heterocycles. The largest absolute Gasteiger partial charge is 0.478 e. The normalized spacial score (nSPS) is 10.3. The summed E-state index contributed by atoms with van der Waals surface area (Å²) in [5.41, 5.74) is 2.19. The van der Waals surface area contributed by atoms with Gasteiger partial charge in [-0.1, -0.05) is 23.7 Å². The van der Waals surface area contributed by atoms with Crippen LogP contribution >= 0.6 is 11.6 Å². The fourth-order valence-corrected chi connectivity index (χ4v) is 1.89. The number of carbonyl (C=O) groups is 1. The molecule has 0 bridgehead atoms. The van der Waals surface area contributed by atoms with Crippen LogP contribution in [0.1, 0.15) is 21.5 Å². The maximum atomic E-state index is 11.0. The number of pyridine rings is 1. The van der Waals surface area contributed by atoms with E-state index >= 15 is 0 Å². The SMILES string of the molecule is O=C(O)c1ccncc1CCc1ccc(Cl)cc1. The second-order valence-electron chi connectivity index (χ2n) is 3.96. The summed E-state index contributed by atoms with van der Waals surface area (Å²) in [6, 6.07) is 9.08. The third kappa shape index (κ3) is 3.08. The second kappa shape index (κ2) is 5.65. The maximum Gasteiger partial charge on any atom is 0.336 e. The molecule has 0 unspecified atom stereocenters. The smallest absolute Gasteiger partial charge is 0.336 e. The number of rotatable bonds is 4. The number of carboxylic acids is 1. The Morgan fingerprint density at radius 2 is 1.89 bits per heavy atom. The van der Waals surface area contributed by atoms with E-state index in [2.05, 4.69) is 4.98 Å². The number of aromatic nitrogens is 1. The van der Waals surface area contributed by atoms with E-state index in [1.807, 2.05) is 24.3 Å². The van der Waals surface area contributed by atoms with Gasteiger partial charge in [0.2, 0.25) is 0 Å². The number of carboxylic acid groups (broad SMARTS) is 1. The first-order valence-electron chi connectivity index (χ1n) is 5.57. The minimum absolute atomic E-state index is 0.318. The summed E-state index contributed by atoms with van der Waals surface area (Å²) < 4.78 is 0. The highest BCUT2D eigenvalue weighted by Gasteiger charge is 2.09. The van der Waals surface area contributed by atoms with Crippen LogP contribution < -0.4 is 0 Å². The highest BCUT2D eigenvalue weighted by molar-refractivity contribution is 6.30. The Labute approximate surface area is 110 Å². The summed E-state index contributed by atoms with van der Waals surface area (Å²) in [7, 11) is 0. The van der Waals surface area contributed by atoms with Crippen molar-refractivity contribution in [2.75, 3.05) is 0 Å². The highest BCUT2D eigenvalue weighted by atomic mass is 35.5. The first-order chi connectivity index (χ1) is 8.66. The Morgan fingerprint density at radius 1 is 1.17 bits per heavy atom. The summed E-state index contributed by atoms with van der Waals surface area (Å²) >= 11 is 5.81. The zero-order valence-electron chi connectivity index (χ0n) is 9.64. The molecule has 92 valence electrons. The molecule has 2 rings (SSSR count). The van der Waals surface area contributed by atoms with Gasteiger partial charge in [-0.3, -0.25) is 4.98 Å². The van der Waals surface area contributed by atoms with E-state index < -0.39 is 5.97 Å². The lowest BCUT2D eigenvalue weighted by molar-refractivity contribution is 0.0695. The van der Waals surface area contributed by atoms with Crippen LogP contribution in [0.3, 0.4) is 0 Å². The lowest BCUT2D eigenvalue weighted by Gasteiger charge is -2.05. The minimum Gasteiger partial charge on any atom is -0.478 e. The summed E-state index contributed by atoms with van der Waals surface area (Å²) in [6.45, 7) is 0. The molecule has 1 heterocycles. The molecular formula is C14H12ClNO2. The molecule has 1 N–H and O–H groups in total. The average molecular weight is 262 g/mol. The Bertz CT molecular complexity index is 552. The van der Waals surface area contributed by atoms with Crippen LogP contribution in [0.5, 0.6) is 0 Å². The molecule has 0 saturated heterocycles. The van der Waals surface area contributed by atoms with Gasteiger partial charge in [-0.15, -0.1) is 0 Å². The van der Waals surface area contributed by atoms with Crippen LogP contribution in [0.2, 0.25) is 5.02 Å². The van der Waals surface area contributed by atoms with Crippen molar-refractivity contribution in [2.45, 2.75) is 12.8 Å². The van der Waals surface area contributed by atoms with E-state index in [1.54, 1.807) is 6.20 Å². The average Bonchev–Trinajstić information content (AvgIpc) is 2.38. The molecule has 1 aromatic heterocycles. The third-order valence-electron chi connectivity index (χ3n) is 2.73. The van der Waals surface area contributed by atoms with Gasteiger partial charge in [0.1, 0.15) is 0 Å². The molecule has 0 atom stereocenters. The summed E-state index contributed by atoms with van der Waals surface area (Å²) in [6.07, 6.45) is 4.52.